The monoisotopic (exact) mass is 490 g/mol. The van der Waals surface area contributed by atoms with Gasteiger partial charge in [-0.05, 0) is 36.8 Å². The molecule has 1 heterocycles. The highest BCUT2D eigenvalue weighted by Crippen LogP contribution is 2.33. The topological polar surface area (TPSA) is 70.7 Å². The Kier molecular flexibility index (Phi) is 6.96. The maximum atomic E-state index is 12.7. The first-order chi connectivity index (χ1) is 14.0. The molecule has 0 radical (unpaired) electrons. The number of benzene rings is 2. The van der Waals surface area contributed by atoms with E-state index >= 15 is 0 Å². The van der Waals surface area contributed by atoms with Gasteiger partial charge in [0.25, 0.3) is 5.91 Å². The molecule has 0 saturated heterocycles. The zero-order chi connectivity index (χ0) is 21.0. The minimum atomic E-state index is -0.391. The molecular formula is C21H17BrCl2N4O. The highest BCUT2D eigenvalue weighted by molar-refractivity contribution is 9.10. The molecule has 0 bridgehead atoms. The number of carbonyl (C=O) groups is 1. The molecule has 8 heteroatoms. The van der Waals surface area contributed by atoms with Crippen molar-refractivity contribution in [2.75, 3.05) is 6.54 Å². The SMILES string of the molecule is CCCCNC(=O)c1nn(-c2ccc(Cl)cc2Cl)c(-c2ccc(Br)cc2)c1C#N. The van der Waals surface area contributed by atoms with E-state index in [4.69, 9.17) is 23.2 Å². The van der Waals surface area contributed by atoms with Crippen LogP contribution in [0.4, 0.5) is 0 Å². The molecule has 0 spiro atoms. The average Bonchev–Trinajstić information content (AvgIpc) is 3.08. The summed E-state index contributed by atoms with van der Waals surface area (Å²) in [7, 11) is 0. The molecular weight excluding hydrogens is 475 g/mol. The Morgan fingerprint density at radius 3 is 2.59 bits per heavy atom. The molecule has 1 N–H and O–H groups in total. The quantitative estimate of drug-likeness (QED) is 0.429. The Hall–Kier alpha value is -2.33. The van der Waals surface area contributed by atoms with Gasteiger partial charge in [0.1, 0.15) is 11.6 Å². The summed E-state index contributed by atoms with van der Waals surface area (Å²) in [6.45, 7) is 2.55. The van der Waals surface area contributed by atoms with Gasteiger partial charge in [-0.25, -0.2) is 4.68 Å². The lowest BCUT2D eigenvalue weighted by molar-refractivity contribution is 0.0947. The van der Waals surface area contributed by atoms with Gasteiger partial charge in [0.2, 0.25) is 0 Å². The molecule has 0 aliphatic carbocycles. The van der Waals surface area contributed by atoms with Crippen molar-refractivity contribution in [2.24, 2.45) is 0 Å². The highest BCUT2D eigenvalue weighted by Gasteiger charge is 2.25. The van der Waals surface area contributed by atoms with Crippen LogP contribution in [0.25, 0.3) is 16.9 Å². The molecule has 29 heavy (non-hydrogen) atoms. The predicted octanol–water partition coefficient (Wildman–Crippen LogP) is 6.01. The number of nitriles is 1. The normalized spacial score (nSPS) is 10.6. The highest BCUT2D eigenvalue weighted by atomic mass is 79.9. The first-order valence-electron chi connectivity index (χ1n) is 8.99. The van der Waals surface area contributed by atoms with E-state index in [1.165, 1.54) is 4.68 Å². The van der Waals surface area contributed by atoms with Gasteiger partial charge in [-0.1, -0.05) is 64.6 Å². The van der Waals surface area contributed by atoms with Crippen molar-refractivity contribution in [2.45, 2.75) is 19.8 Å². The van der Waals surface area contributed by atoms with Crippen molar-refractivity contribution < 1.29 is 4.79 Å². The summed E-state index contributed by atoms with van der Waals surface area (Å²) < 4.78 is 2.42. The Bertz CT molecular complexity index is 1090. The Morgan fingerprint density at radius 1 is 1.24 bits per heavy atom. The van der Waals surface area contributed by atoms with E-state index in [9.17, 15) is 10.1 Å². The van der Waals surface area contributed by atoms with Crippen molar-refractivity contribution in [3.05, 3.63) is 68.2 Å². The van der Waals surface area contributed by atoms with Gasteiger partial charge < -0.3 is 5.32 Å². The lowest BCUT2D eigenvalue weighted by Crippen LogP contribution is -2.25. The third-order valence-corrected chi connectivity index (χ3v) is 5.35. The van der Waals surface area contributed by atoms with E-state index in [2.05, 4.69) is 32.4 Å². The van der Waals surface area contributed by atoms with Crippen LogP contribution in [-0.2, 0) is 0 Å². The van der Waals surface area contributed by atoms with Crippen molar-refractivity contribution in [3.63, 3.8) is 0 Å². The number of carbonyl (C=O) groups excluding carboxylic acids is 1. The fourth-order valence-corrected chi connectivity index (χ4v) is 3.60. The zero-order valence-corrected chi connectivity index (χ0v) is 18.6. The van der Waals surface area contributed by atoms with Gasteiger partial charge in [0, 0.05) is 21.6 Å². The average molecular weight is 492 g/mol. The second-order valence-corrected chi connectivity index (χ2v) is 8.07. The predicted molar refractivity (Wildman–Crippen MR) is 119 cm³/mol. The maximum Gasteiger partial charge on any atom is 0.273 e. The van der Waals surface area contributed by atoms with E-state index < -0.39 is 5.91 Å². The molecule has 0 aliphatic rings. The van der Waals surface area contributed by atoms with Crippen LogP contribution in [0.1, 0.15) is 35.8 Å². The number of aromatic nitrogens is 2. The van der Waals surface area contributed by atoms with Crippen LogP contribution in [0.15, 0.2) is 46.9 Å². The van der Waals surface area contributed by atoms with Crippen molar-refractivity contribution in [1.29, 1.82) is 5.26 Å². The summed E-state index contributed by atoms with van der Waals surface area (Å²) in [6.07, 6.45) is 1.79. The molecule has 148 valence electrons. The largest absolute Gasteiger partial charge is 0.351 e. The van der Waals surface area contributed by atoms with Crippen LogP contribution >= 0.6 is 39.1 Å². The van der Waals surface area contributed by atoms with Crippen LogP contribution in [0, 0.1) is 11.3 Å². The number of hydrogen-bond donors (Lipinski definition) is 1. The molecule has 3 aromatic rings. The van der Waals surface area contributed by atoms with Crippen LogP contribution in [0.2, 0.25) is 10.0 Å². The summed E-state index contributed by atoms with van der Waals surface area (Å²) in [5.74, 6) is -0.391. The summed E-state index contributed by atoms with van der Waals surface area (Å²) in [6, 6.07) is 14.5. The van der Waals surface area contributed by atoms with Crippen molar-refractivity contribution >= 4 is 45.0 Å². The third-order valence-electron chi connectivity index (χ3n) is 4.28. The number of halogens is 3. The molecule has 0 saturated carbocycles. The fourth-order valence-electron chi connectivity index (χ4n) is 2.85. The van der Waals surface area contributed by atoms with Crippen LogP contribution < -0.4 is 5.32 Å². The van der Waals surface area contributed by atoms with E-state index in [1.54, 1.807) is 18.2 Å². The molecule has 1 amide bonds. The zero-order valence-electron chi connectivity index (χ0n) is 15.5. The molecule has 3 rings (SSSR count). The number of unbranched alkanes of at least 4 members (excludes halogenated alkanes) is 1. The van der Waals surface area contributed by atoms with Crippen molar-refractivity contribution in [1.82, 2.24) is 15.1 Å². The Balaban J connectivity index is 2.21. The minimum absolute atomic E-state index is 0.0625. The van der Waals surface area contributed by atoms with Gasteiger partial charge in [-0.15, -0.1) is 0 Å². The van der Waals surface area contributed by atoms with Crippen LogP contribution in [0.5, 0.6) is 0 Å². The van der Waals surface area contributed by atoms with Gasteiger partial charge >= 0.3 is 0 Å². The van der Waals surface area contributed by atoms with Crippen molar-refractivity contribution in [3.8, 4) is 23.0 Å². The first-order valence-corrected chi connectivity index (χ1v) is 10.5. The standard InChI is InChI=1S/C21H17BrCl2N4O/c1-2-3-10-26-21(29)19-16(12-25)20(13-4-6-14(22)7-5-13)28(27-19)18-9-8-15(23)11-17(18)24/h4-9,11H,2-3,10H2,1H3,(H,26,29). The first kappa shape index (κ1) is 21.4. The molecule has 0 atom stereocenters. The fraction of sp³-hybridized carbons (Fsp3) is 0.190. The summed E-state index contributed by atoms with van der Waals surface area (Å²) >= 11 is 15.8. The van der Waals surface area contributed by atoms with Gasteiger partial charge in [0.05, 0.1) is 16.4 Å². The molecule has 1 aromatic heterocycles. The van der Waals surface area contributed by atoms with E-state index in [1.807, 2.05) is 31.2 Å². The molecule has 2 aromatic carbocycles. The number of amides is 1. The molecule has 0 aliphatic heterocycles. The summed E-state index contributed by atoms with van der Waals surface area (Å²) in [5.41, 5.74) is 2.00. The lowest BCUT2D eigenvalue weighted by atomic mass is 10.1. The van der Waals surface area contributed by atoms with Crippen LogP contribution in [-0.4, -0.2) is 22.2 Å². The van der Waals surface area contributed by atoms with E-state index in [0.29, 0.717) is 28.0 Å². The lowest BCUT2D eigenvalue weighted by Gasteiger charge is -2.10. The van der Waals surface area contributed by atoms with Gasteiger partial charge in [-0.3, -0.25) is 4.79 Å². The Labute approximate surface area is 187 Å². The van der Waals surface area contributed by atoms with Gasteiger partial charge in [-0.2, -0.15) is 10.4 Å². The minimum Gasteiger partial charge on any atom is -0.351 e. The van der Waals surface area contributed by atoms with Gasteiger partial charge in [0.15, 0.2) is 5.69 Å². The third kappa shape index (κ3) is 4.64. The number of hydrogen-bond acceptors (Lipinski definition) is 3. The second kappa shape index (κ2) is 9.45. The molecule has 5 nitrogen and oxygen atoms in total. The smallest absolute Gasteiger partial charge is 0.273 e. The summed E-state index contributed by atoms with van der Waals surface area (Å²) in [5, 5.41) is 18.0. The number of rotatable bonds is 6. The van der Waals surface area contributed by atoms with Crippen LogP contribution in [0.3, 0.4) is 0 Å². The Morgan fingerprint density at radius 2 is 1.97 bits per heavy atom. The number of nitrogens with one attached hydrogen (secondary N) is 1. The van der Waals surface area contributed by atoms with E-state index in [0.717, 1.165) is 22.9 Å². The molecule has 0 fully saturated rings. The number of nitrogens with zero attached hydrogens (tertiary/aromatic N) is 3. The van der Waals surface area contributed by atoms with E-state index in [-0.39, 0.29) is 11.3 Å². The summed E-state index contributed by atoms with van der Waals surface area (Å²) in [4.78, 5) is 12.7. The second-order valence-electron chi connectivity index (χ2n) is 6.31. The molecule has 0 unspecified atom stereocenters. The maximum absolute atomic E-state index is 12.7.